The van der Waals surface area contributed by atoms with Gasteiger partial charge in [0.2, 0.25) is 0 Å². The molecule has 136 valence electrons. The molecule has 1 aromatic carbocycles. The van der Waals surface area contributed by atoms with Crippen LogP contribution in [0, 0.1) is 0 Å². The summed E-state index contributed by atoms with van der Waals surface area (Å²) in [5.41, 5.74) is 3.08. The van der Waals surface area contributed by atoms with Gasteiger partial charge >= 0.3 is 0 Å². The molecule has 4 rings (SSSR count). The summed E-state index contributed by atoms with van der Waals surface area (Å²) in [4.78, 5) is 24.2. The first kappa shape index (κ1) is 17.0. The molecule has 0 bridgehead atoms. The molecule has 0 N–H and O–H groups in total. The Morgan fingerprint density at radius 3 is 2.59 bits per heavy atom. The normalized spacial score (nSPS) is 11.0. The van der Waals surface area contributed by atoms with Gasteiger partial charge in [0.25, 0.3) is 5.91 Å². The number of imidazole rings is 2. The average Bonchev–Trinajstić information content (AvgIpc) is 3.30. The molecule has 3 aromatic heterocycles. The van der Waals surface area contributed by atoms with Gasteiger partial charge in [-0.15, -0.1) is 0 Å². The number of hydrogen-bond donors (Lipinski definition) is 0. The second kappa shape index (κ2) is 7.07. The molecular formula is C21H21N5O. The van der Waals surface area contributed by atoms with Gasteiger partial charge in [-0.25, -0.2) is 9.97 Å². The van der Waals surface area contributed by atoms with E-state index in [1.165, 1.54) is 0 Å². The zero-order chi connectivity index (χ0) is 18.8. The fourth-order valence-electron chi connectivity index (χ4n) is 3.18. The van der Waals surface area contributed by atoms with E-state index in [4.69, 9.17) is 0 Å². The molecule has 3 heterocycles. The Morgan fingerprint density at radius 1 is 1.11 bits per heavy atom. The zero-order valence-electron chi connectivity index (χ0n) is 15.4. The predicted octanol–water partition coefficient (Wildman–Crippen LogP) is 3.40. The highest BCUT2D eigenvalue weighted by molar-refractivity contribution is 6.00. The number of aromatic nitrogens is 4. The summed E-state index contributed by atoms with van der Waals surface area (Å²) < 4.78 is 3.79. The van der Waals surface area contributed by atoms with Gasteiger partial charge in [0.15, 0.2) is 11.5 Å². The van der Waals surface area contributed by atoms with Crippen molar-refractivity contribution in [1.82, 2.24) is 23.8 Å². The summed E-state index contributed by atoms with van der Waals surface area (Å²) in [5, 5.41) is 0. The number of benzene rings is 1. The van der Waals surface area contributed by atoms with Gasteiger partial charge in [-0.05, 0) is 24.6 Å². The lowest BCUT2D eigenvalue weighted by molar-refractivity contribution is 0.0749. The Labute approximate surface area is 157 Å². The van der Waals surface area contributed by atoms with Crippen molar-refractivity contribution in [1.29, 1.82) is 0 Å². The summed E-state index contributed by atoms with van der Waals surface area (Å²) in [6.07, 6.45) is 5.54. The van der Waals surface area contributed by atoms with Gasteiger partial charge in [-0.2, -0.15) is 0 Å². The van der Waals surface area contributed by atoms with Crippen molar-refractivity contribution in [3.8, 4) is 11.5 Å². The third kappa shape index (κ3) is 3.21. The van der Waals surface area contributed by atoms with E-state index in [9.17, 15) is 4.79 Å². The minimum Gasteiger partial charge on any atom is -0.340 e. The minimum absolute atomic E-state index is 0.0766. The van der Waals surface area contributed by atoms with E-state index in [-0.39, 0.29) is 5.91 Å². The number of carbonyl (C=O) groups excluding carboxylic acids is 1. The Hall–Kier alpha value is -3.41. The first-order chi connectivity index (χ1) is 13.2. The summed E-state index contributed by atoms with van der Waals surface area (Å²) in [6, 6.07) is 15.8. The van der Waals surface area contributed by atoms with Crippen LogP contribution in [0.1, 0.15) is 23.0 Å². The third-order valence-electron chi connectivity index (χ3n) is 4.57. The molecule has 0 aliphatic carbocycles. The molecule has 0 aliphatic heterocycles. The first-order valence-electron chi connectivity index (χ1n) is 8.96. The number of aryl methyl sites for hydroxylation is 1. The van der Waals surface area contributed by atoms with Crippen LogP contribution in [0.4, 0.5) is 0 Å². The molecule has 0 fully saturated rings. The maximum atomic E-state index is 13.3. The molecule has 0 saturated heterocycles. The minimum atomic E-state index is -0.0766. The van der Waals surface area contributed by atoms with Crippen LogP contribution in [-0.2, 0) is 13.6 Å². The van der Waals surface area contributed by atoms with Crippen molar-refractivity contribution >= 4 is 11.4 Å². The number of pyridine rings is 1. The van der Waals surface area contributed by atoms with Crippen LogP contribution < -0.4 is 0 Å². The highest BCUT2D eigenvalue weighted by Crippen LogP contribution is 2.23. The van der Waals surface area contributed by atoms with Crippen LogP contribution in [0.5, 0.6) is 0 Å². The van der Waals surface area contributed by atoms with Gasteiger partial charge in [-0.1, -0.05) is 36.4 Å². The zero-order valence-corrected chi connectivity index (χ0v) is 15.4. The van der Waals surface area contributed by atoms with Crippen LogP contribution in [-0.4, -0.2) is 36.3 Å². The summed E-state index contributed by atoms with van der Waals surface area (Å²) in [6.45, 7) is 3.15. The van der Waals surface area contributed by atoms with Gasteiger partial charge in [-0.3, -0.25) is 9.20 Å². The second-order valence-corrected chi connectivity index (χ2v) is 6.47. The van der Waals surface area contributed by atoms with Crippen LogP contribution in [0.2, 0.25) is 0 Å². The van der Waals surface area contributed by atoms with Crippen LogP contribution >= 0.6 is 0 Å². The van der Waals surface area contributed by atoms with E-state index in [1.54, 1.807) is 6.33 Å². The molecule has 0 atom stereocenters. The SMILES string of the molecule is CCN(Cc1ccccc1)C(=O)c1nc(-c2cn(C)cn2)n2ccccc12. The number of fused-ring (bicyclic) bond motifs is 1. The second-order valence-electron chi connectivity index (χ2n) is 6.47. The van der Waals surface area contributed by atoms with Crippen molar-refractivity contribution in [2.24, 2.45) is 7.05 Å². The van der Waals surface area contributed by atoms with Gasteiger partial charge in [0, 0.05) is 32.5 Å². The smallest absolute Gasteiger partial charge is 0.275 e. The van der Waals surface area contributed by atoms with E-state index in [0.29, 0.717) is 24.6 Å². The standard InChI is InChI=1S/C21H21N5O/c1-3-25(13-16-9-5-4-6-10-16)21(27)19-18-11-7-8-12-26(18)20(23-19)17-14-24(2)15-22-17/h4-12,14-15H,3,13H2,1-2H3. The topological polar surface area (TPSA) is 55.4 Å². The van der Waals surface area contributed by atoms with Crippen molar-refractivity contribution in [3.63, 3.8) is 0 Å². The van der Waals surface area contributed by atoms with E-state index < -0.39 is 0 Å². The van der Waals surface area contributed by atoms with Crippen molar-refractivity contribution < 1.29 is 4.79 Å². The fraction of sp³-hybridized carbons (Fsp3) is 0.190. The Morgan fingerprint density at radius 2 is 1.89 bits per heavy atom. The fourth-order valence-corrected chi connectivity index (χ4v) is 3.18. The molecule has 1 amide bonds. The van der Waals surface area contributed by atoms with E-state index in [2.05, 4.69) is 9.97 Å². The molecule has 4 aromatic rings. The number of rotatable bonds is 5. The lowest BCUT2D eigenvalue weighted by Gasteiger charge is -2.20. The highest BCUT2D eigenvalue weighted by Gasteiger charge is 2.23. The number of nitrogens with zero attached hydrogens (tertiary/aromatic N) is 5. The van der Waals surface area contributed by atoms with Crippen molar-refractivity contribution in [3.05, 3.63) is 78.5 Å². The molecule has 6 nitrogen and oxygen atoms in total. The van der Waals surface area contributed by atoms with E-state index >= 15 is 0 Å². The maximum absolute atomic E-state index is 13.3. The summed E-state index contributed by atoms with van der Waals surface area (Å²) in [5.74, 6) is 0.595. The molecule has 6 heteroatoms. The maximum Gasteiger partial charge on any atom is 0.275 e. The van der Waals surface area contributed by atoms with Crippen LogP contribution in [0.25, 0.3) is 17.0 Å². The molecule has 0 saturated carbocycles. The van der Waals surface area contributed by atoms with E-state index in [1.807, 2.05) is 88.8 Å². The van der Waals surface area contributed by atoms with Gasteiger partial charge in [0.1, 0.15) is 5.69 Å². The summed E-state index contributed by atoms with van der Waals surface area (Å²) in [7, 11) is 1.91. The molecule has 0 aliphatic rings. The van der Waals surface area contributed by atoms with Gasteiger partial charge < -0.3 is 9.47 Å². The Bertz CT molecular complexity index is 1080. The number of carbonyl (C=O) groups is 1. The van der Waals surface area contributed by atoms with Crippen LogP contribution in [0.15, 0.2) is 67.3 Å². The van der Waals surface area contributed by atoms with Gasteiger partial charge in [0.05, 0.1) is 11.8 Å². The molecule has 27 heavy (non-hydrogen) atoms. The first-order valence-corrected chi connectivity index (χ1v) is 8.96. The molecule has 0 spiro atoms. The number of hydrogen-bond acceptors (Lipinski definition) is 3. The number of amides is 1. The van der Waals surface area contributed by atoms with Crippen LogP contribution in [0.3, 0.4) is 0 Å². The van der Waals surface area contributed by atoms with Crippen molar-refractivity contribution in [2.75, 3.05) is 6.54 Å². The molecule has 0 unspecified atom stereocenters. The summed E-state index contributed by atoms with van der Waals surface area (Å²) >= 11 is 0. The predicted molar refractivity (Wildman–Crippen MR) is 104 cm³/mol. The highest BCUT2D eigenvalue weighted by atomic mass is 16.2. The van der Waals surface area contributed by atoms with Crippen molar-refractivity contribution in [2.45, 2.75) is 13.5 Å². The lowest BCUT2D eigenvalue weighted by atomic mass is 10.2. The molecule has 0 radical (unpaired) electrons. The van der Waals surface area contributed by atoms with E-state index in [0.717, 1.165) is 16.8 Å². The third-order valence-corrected chi connectivity index (χ3v) is 4.57. The monoisotopic (exact) mass is 359 g/mol. The lowest BCUT2D eigenvalue weighted by Crippen LogP contribution is -2.30. The Balaban J connectivity index is 1.75. The Kier molecular flexibility index (Phi) is 4.46. The quantitative estimate of drug-likeness (QED) is 0.549. The largest absolute Gasteiger partial charge is 0.340 e. The average molecular weight is 359 g/mol. The molecular weight excluding hydrogens is 338 g/mol.